The molecule has 0 saturated carbocycles. The first-order chi connectivity index (χ1) is 13.6. The van der Waals surface area contributed by atoms with E-state index in [1.54, 1.807) is 24.6 Å². The summed E-state index contributed by atoms with van der Waals surface area (Å²) in [6, 6.07) is 6.18. The smallest absolute Gasteiger partial charge is 0.248 e. The van der Waals surface area contributed by atoms with Crippen molar-refractivity contribution in [2.45, 2.75) is 31.8 Å². The third-order valence-electron chi connectivity index (χ3n) is 5.59. The Labute approximate surface area is 169 Å². The van der Waals surface area contributed by atoms with E-state index in [9.17, 15) is 4.79 Å². The topological polar surface area (TPSA) is 60.9 Å². The second-order valence-electron chi connectivity index (χ2n) is 7.14. The molecule has 1 amide bonds. The van der Waals surface area contributed by atoms with E-state index in [2.05, 4.69) is 11.1 Å². The van der Waals surface area contributed by atoms with Gasteiger partial charge in [0.15, 0.2) is 0 Å². The van der Waals surface area contributed by atoms with E-state index >= 15 is 0 Å². The van der Waals surface area contributed by atoms with Crippen LogP contribution in [0.4, 0.5) is 0 Å². The highest BCUT2D eigenvalue weighted by Gasteiger charge is 2.42. The van der Waals surface area contributed by atoms with Crippen molar-refractivity contribution in [3.63, 3.8) is 0 Å². The van der Waals surface area contributed by atoms with Crippen molar-refractivity contribution in [2.75, 3.05) is 40.0 Å². The van der Waals surface area contributed by atoms with Crippen LogP contribution < -0.4 is 4.74 Å². The van der Waals surface area contributed by atoms with Gasteiger partial charge in [0.05, 0.1) is 36.1 Å². The SMILES string of the molecule is CCOCC(=O)N1CCC2(CC1)OCCc1sc(-c3ccc(OC)cn3)cc12. The van der Waals surface area contributed by atoms with Gasteiger partial charge in [-0.1, -0.05) is 0 Å². The predicted molar refractivity (Wildman–Crippen MR) is 108 cm³/mol. The minimum atomic E-state index is -0.281. The van der Waals surface area contributed by atoms with Gasteiger partial charge in [-0.3, -0.25) is 9.78 Å². The molecule has 0 N–H and O–H groups in total. The van der Waals surface area contributed by atoms with Gasteiger partial charge in [0.1, 0.15) is 12.4 Å². The lowest BCUT2D eigenvalue weighted by molar-refractivity contribution is -0.144. The van der Waals surface area contributed by atoms with Crippen LogP contribution >= 0.6 is 11.3 Å². The number of hydrogen-bond donors (Lipinski definition) is 0. The maximum atomic E-state index is 12.3. The second-order valence-corrected chi connectivity index (χ2v) is 8.28. The molecule has 4 rings (SSSR count). The summed E-state index contributed by atoms with van der Waals surface area (Å²) in [5.41, 5.74) is 1.96. The third kappa shape index (κ3) is 3.66. The average molecular weight is 403 g/mol. The first-order valence-electron chi connectivity index (χ1n) is 9.78. The summed E-state index contributed by atoms with van der Waals surface area (Å²) in [6.07, 6.45) is 4.34. The predicted octanol–water partition coefficient (Wildman–Crippen LogP) is 3.25. The van der Waals surface area contributed by atoms with Crippen molar-refractivity contribution >= 4 is 17.2 Å². The first kappa shape index (κ1) is 19.4. The molecule has 0 atom stereocenters. The zero-order valence-electron chi connectivity index (χ0n) is 16.4. The highest BCUT2D eigenvalue weighted by Crippen LogP contribution is 2.46. The number of likely N-dealkylation sites (tertiary alicyclic amines) is 1. The molecule has 0 aliphatic carbocycles. The van der Waals surface area contributed by atoms with Crippen LogP contribution in [0, 0.1) is 0 Å². The van der Waals surface area contributed by atoms with Crippen molar-refractivity contribution in [3.8, 4) is 16.3 Å². The zero-order chi connectivity index (χ0) is 19.6. The molecule has 0 bridgehead atoms. The third-order valence-corrected chi connectivity index (χ3v) is 6.80. The molecule has 6 nitrogen and oxygen atoms in total. The van der Waals surface area contributed by atoms with Crippen molar-refractivity contribution in [1.82, 2.24) is 9.88 Å². The maximum absolute atomic E-state index is 12.3. The van der Waals surface area contributed by atoms with Gasteiger partial charge in [0.2, 0.25) is 5.91 Å². The Kier molecular flexibility index (Phi) is 5.66. The molecule has 2 aromatic heterocycles. The van der Waals surface area contributed by atoms with Gasteiger partial charge in [-0.2, -0.15) is 0 Å². The normalized spacial score (nSPS) is 18.1. The van der Waals surface area contributed by atoms with Crippen LogP contribution in [0.3, 0.4) is 0 Å². The Bertz CT molecular complexity index is 825. The fraction of sp³-hybridized carbons (Fsp3) is 0.524. The van der Waals surface area contributed by atoms with Crippen molar-refractivity contribution in [1.29, 1.82) is 0 Å². The van der Waals surface area contributed by atoms with E-state index in [0.717, 1.165) is 42.2 Å². The van der Waals surface area contributed by atoms with Crippen molar-refractivity contribution < 1.29 is 19.0 Å². The number of nitrogens with zero attached hydrogens (tertiary/aromatic N) is 2. The molecule has 1 saturated heterocycles. The number of hydrogen-bond acceptors (Lipinski definition) is 6. The van der Waals surface area contributed by atoms with E-state index in [1.807, 2.05) is 24.0 Å². The maximum Gasteiger partial charge on any atom is 0.248 e. The number of thiophene rings is 1. The second kappa shape index (κ2) is 8.19. The molecule has 0 radical (unpaired) electrons. The van der Waals surface area contributed by atoms with Crippen LogP contribution in [0.15, 0.2) is 24.4 Å². The Morgan fingerprint density at radius 2 is 2.18 bits per heavy atom. The molecular formula is C21H26N2O4S. The summed E-state index contributed by atoms with van der Waals surface area (Å²) in [5, 5.41) is 0. The Balaban J connectivity index is 1.53. The van der Waals surface area contributed by atoms with Crippen LogP contribution in [0.2, 0.25) is 0 Å². The van der Waals surface area contributed by atoms with Crippen LogP contribution in [0.1, 0.15) is 30.2 Å². The number of rotatable bonds is 5. The quantitative estimate of drug-likeness (QED) is 0.768. The molecule has 2 aliphatic rings. The number of ether oxygens (including phenoxy) is 3. The number of carbonyl (C=O) groups excluding carboxylic acids is 1. The zero-order valence-corrected chi connectivity index (χ0v) is 17.2. The molecule has 0 unspecified atom stereocenters. The Hall–Kier alpha value is -1.96. The fourth-order valence-electron chi connectivity index (χ4n) is 4.00. The summed E-state index contributed by atoms with van der Waals surface area (Å²) < 4.78 is 16.8. The van der Waals surface area contributed by atoms with Crippen LogP contribution in [-0.2, 0) is 26.3 Å². The van der Waals surface area contributed by atoms with E-state index in [1.165, 1.54) is 10.4 Å². The molecule has 1 fully saturated rings. The minimum Gasteiger partial charge on any atom is -0.495 e. The van der Waals surface area contributed by atoms with Crippen LogP contribution in [-0.4, -0.2) is 55.8 Å². The fourth-order valence-corrected chi connectivity index (χ4v) is 5.21. The average Bonchev–Trinajstić information content (AvgIpc) is 3.19. The summed E-state index contributed by atoms with van der Waals surface area (Å²) in [7, 11) is 1.65. The van der Waals surface area contributed by atoms with Gasteiger partial charge < -0.3 is 19.1 Å². The summed E-state index contributed by atoms with van der Waals surface area (Å²) >= 11 is 1.80. The highest BCUT2D eigenvalue weighted by molar-refractivity contribution is 7.15. The molecular weight excluding hydrogens is 376 g/mol. The van der Waals surface area contributed by atoms with Crippen molar-refractivity contribution in [2.24, 2.45) is 0 Å². The van der Waals surface area contributed by atoms with Crippen molar-refractivity contribution in [3.05, 3.63) is 34.8 Å². The number of fused-ring (bicyclic) bond motifs is 2. The van der Waals surface area contributed by atoms with E-state index in [-0.39, 0.29) is 18.1 Å². The van der Waals surface area contributed by atoms with Gasteiger partial charge in [0, 0.05) is 31.0 Å². The largest absolute Gasteiger partial charge is 0.495 e. The van der Waals surface area contributed by atoms with Crippen LogP contribution in [0.5, 0.6) is 5.75 Å². The molecule has 2 aromatic rings. The number of pyridine rings is 1. The Morgan fingerprint density at radius 3 is 2.86 bits per heavy atom. The number of amides is 1. The standard InChI is InChI=1S/C21H26N2O4S/c1-3-26-14-20(24)23-9-7-21(8-10-23)16-12-19(28-18(16)6-11-27-21)17-5-4-15(25-2)13-22-17/h4-5,12-13H,3,6-11,14H2,1-2H3. The number of aromatic nitrogens is 1. The van der Waals surface area contributed by atoms with Gasteiger partial charge in [-0.05, 0) is 43.5 Å². The molecule has 4 heterocycles. The molecule has 7 heteroatoms. The van der Waals surface area contributed by atoms with E-state index in [0.29, 0.717) is 19.7 Å². The molecule has 0 aromatic carbocycles. The van der Waals surface area contributed by atoms with Gasteiger partial charge in [-0.25, -0.2) is 0 Å². The van der Waals surface area contributed by atoms with Gasteiger partial charge in [-0.15, -0.1) is 11.3 Å². The lowest BCUT2D eigenvalue weighted by Gasteiger charge is -2.44. The summed E-state index contributed by atoms with van der Waals surface area (Å²) in [4.78, 5) is 21.2. The summed E-state index contributed by atoms with van der Waals surface area (Å²) in [6.45, 7) is 4.78. The summed E-state index contributed by atoms with van der Waals surface area (Å²) in [5.74, 6) is 0.829. The monoisotopic (exact) mass is 402 g/mol. The molecule has 28 heavy (non-hydrogen) atoms. The molecule has 150 valence electrons. The number of carbonyl (C=O) groups is 1. The van der Waals surface area contributed by atoms with Gasteiger partial charge >= 0.3 is 0 Å². The van der Waals surface area contributed by atoms with Gasteiger partial charge in [0.25, 0.3) is 0 Å². The molecule has 2 aliphatic heterocycles. The molecule has 1 spiro atoms. The minimum absolute atomic E-state index is 0.0705. The number of piperidine rings is 1. The first-order valence-corrected chi connectivity index (χ1v) is 10.6. The Morgan fingerprint density at radius 1 is 1.36 bits per heavy atom. The number of methoxy groups -OCH3 is 1. The van der Waals surface area contributed by atoms with Crippen LogP contribution in [0.25, 0.3) is 10.6 Å². The lowest BCUT2D eigenvalue weighted by atomic mass is 9.82. The van der Waals surface area contributed by atoms with E-state index < -0.39 is 0 Å². The highest BCUT2D eigenvalue weighted by atomic mass is 32.1. The lowest BCUT2D eigenvalue weighted by Crippen LogP contribution is -2.48. The van der Waals surface area contributed by atoms with E-state index in [4.69, 9.17) is 14.2 Å².